The predicted molar refractivity (Wildman–Crippen MR) is 72.7 cm³/mol. The number of hydrogen-bond donors (Lipinski definition) is 2. The molecule has 0 fully saturated rings. The minimum Gasteiger partial charge on any atom is -0.369 e. The van der Waals surface area contributed by atoms with Crippen LogP contribution in [0.3, 0.4) is 0 Å². The van der Waals surface area contributed by atoms with Crippen LogP contribution in [0.4, 0.5) is 4.39 Å². The monoisotopic (exact) mass is 301 g/mol. The Hall–Kier alpha value is -1.59. The SMILES string of the molecule is NC(=O)C(c1c(F)cccc1Cl)C1C=CC(Cl)=NN1. The molecule has 0 aromatic heterocycles. The topological polar surface area (TPSA) is 67.5 Å². The number of amides is 1. The Morgan fingerprint density at radius 2 is 2.21 bits per heavy atom. The lowest BCUT2D eigenvalue weighted by molar-refractivity contribution is -0.119. The summed E-state index contributed by atoms with van der Waals surface area (Å²) < 4.78 is 13.9. The highest BCUT2D eigenvalue weighted by molar-refractivity contribution is 6.68. The van der Waals surface area contributed by atoms with E-state index in [0.29, 0.717) is 0 Å². The maximum absolute atomic E-state index is 13.9. The van der Waals surface area contributed by atoms with E-state index < -0.39 is 23.7 Å². The minimum absolute atomic E-state index is 0.0482. The zero-order valence-electron chi connectivity index (χ0n) is 9.61. The largest absolute Gasteiger partial charge is 0.369 e. The second-order valence-electron chi connectivity index (χ2n) is 3.96. The molecular formula is C12H10Cl2FN3O. The third kappa shape index (κ3) is 2.88. The molecule has 7 heteroatoms. The van der Waals surface area contributed by atoms with Gasteiger partial charge in [0.15, 0.2) is 0 Å². The average Bonchev–Trinajstić information content (AvgIpc) is 2.35. The number of rotatable bonds is 3. The van der Waals surface area contributed by atoms with E-state index in [1.54, 1.807) is 6.08 Å². The summed E-state index contributed by atoms with van der Waals surface area (Å²) in [5.74, 6) is -2.27. The molecule has 1 aliphatic heterocycles. The zero-order chi connectivity index (χ0) is 14.0. The van der Waals surface area contributed by atoms with Gasteiger partial charge in [0.1, 0.15) is 11.0 Å². The van der Waals surface area contributed by atoms with Gasteiger partial charge in [-0.05, 0) is 18.2 Å². The number of nitrogens with zero attached hydrogens (tertiary/aromatic N) is 1. The van der Waals surface area contributed by atoms with Gasteiger partial charge in [0.25, 0.3) is 0 Å². The molecule has 0 spiro atoms. The third-order valence-electron chi connectivity index (χ3n) is 2.74. The van der Waals surface area contributed by atoms with Crippen LogP contribution in [0.25, 0.3) is 0 Å². The van der Waals surface area contributed by atoms with Gasteiger partial charge in [-0.1, -0.05) is 35.3 Å². The van der Waals surface area contributed by atoms with E-state index in [4.69, 9.17) is 28.9 Å². The van der Waals surface area contributed by atoms with E-state index >= 15 is 0 Å². The molecule has 1 aromatic rings. The lowest BCUT2D eigenvalue weighted by Crippen LogP contribution is -2.40. The Morgan fingerprint density at radius 3 is 2.74 bits per heavy atom. The van der Waals surface area contributed by atoms with Gasteiger partial charge >= 0.3 is 0 Å². The van der Waals surface area contributed by atoms with E-state index in [1.165, 1.54) is 24.3 Å². The minimum atomic E-state index is -0.974. The van der Waals surface area contributed by atoms with Crippen molar-refractivity contribution in [3.63, 3.8) is 0 Å². The Balaban J connectivity index is 2.42. The molecule has 19 heavy (non-hydrogen) atoms. The number of nitrogens with one attached hydrogen (secondary N) is 1. The van der Waals surface area contributed by atoms with Crippen LogP contribution in [-0.4, -0.2) is 17.1 Å². The van der Waals surface area contributed by atoms with Gasteiger partial charge in [-0.15, -0.1) is 0 Å². The first-order chi connectivity index (χ1) is 9.00. The zero-order valence-corrected chi connectivity index (χ0v) is 11.1. The van der Waals surface area contributed by atoms with E-state index in [0.717, 1.165) is 0 Å². The Morgan fingerprint density at radius 1 is 1.47 bits per heavy atom. The molecule has 0 radical (unpaired) electrons. The Labute approximate surface area is 119 Å². The van der Waals surface area contributed by atoms with Crippen LogP contribution in [0.15, 0.2) is 35.5 Å². The lowest BCUT2D eigenvalue weighted by atomic mass is 9.90. The number of benzene rings is 1. The number of primary amides is 1. The summed E-state index contributed by atoms with van der Waals surface area (Å²) in [6.07, 6.45) is 3.10. The average molecular weight is 302 g/mol. The first-order valence-electron chi connectivity index (χ1n) is 5.41. The highest BCUT2D eigenvalue weighted by atomic mass is 35.5. The van der Waals surface area contributed by atoms with Crippen molar-refractivity contribution in [3.8, 4) is 0 Å². The number of carbonyl (C=O) groups excluding carboxylic acids is 1. The predicted octanol–water partition coefficient (Wildman–Crippen LogP) is 2.13. The van der Waals surface area contributed by atoms with E-state index in [9.17, 15) is 9.18 Å². The van der Waals surface area contributed by atoms with Crippen LogP contribution in [0.5, 0.6) is 0 Å². The number of carbonyl (C=O) groups is 1. The summed E-state index contributed by atoms with van der Waals surface area (Å²) in [6.45, 7) is 0. The lowest BCUT2D eigenvalue weighted by Gasteiger charge is -2.25. The number of allylic oxidation sites excluding steroid dienone is 1. The van der Waals surface area contributed by atoms with Crippen molar-refractivity contribution < 1.29 is 9.18 Å². The smallest absolute Gasteiger partial charge is 0.227 e. The van der Waals surface area contributed by atoms with Crippen molar-refractivity contribution >= 4 is 34.3 Å². The maximum Gasteiger partial charge on any atom is 0.227 e. The summed E-state index contributed by atoms with van der Waals surface area (Å²) in [5, 5.41) is 4.15. The molecular weight excluding hydrogens is 292 g/mol. The molecule has 2 rings (SSSR count). The molecule has 0 saturated carbocycles. The molecule has 1 aromatic carbocycles. The molecule has 1 aliphatic rings. The normalized spacial score (nSPS) is 19.5. The standard InChI is InChI=1S/C12H10Cl2FN3O/c13-6-2-1-3-7(15)10(6)11(12(16)19)8-4-5-9(14)18-17-8/h1-5,8,11,17H,(H2,16,19). The quantitative estimate of drug-likeness (QED) is 0.898. The van der Waals surface area contributed by atoms with Crippen LogP contribution in [0.1, 0.15) is 11.5 Å². The van der Waals surface area contributed by atoms with Gasteiger partial charge in [0, 0.05) is 10.6 Å². The van der Waals surface area contributed by atoms with E-state index in [-0.39, 0.29) is 15.8 Å². The van der Waals surface area contributed by atoms with Crippen molar-refractivity contribution in [1.82, 2.24) is 5.43 Å². The molecule has 1 amide bonds. The second kappa shape index (κ2) is 5.59. The van der Waals surface area contributed by atoms with Crippen molar-refractivity contribution in [2.75, 3.05) is 0 Å². The number of halogens is 3. The summed E-state index contributed by atoms with van der Waals surface area (Å²) in [7, 11) is 0. The van der Waals surface area contributed by atoms with Gasteiger partial charge in [0.2, 0.25) is 5.91 Å². The van der Waals surface area contributed by atoms with Gasteiger partial charge in [-0.2, -0.15) is 5.10 Å². The van der Waals surface area contributed by atoms with Crippen LogP contribution in [0.2, 0.25) is 5.02 Å². The van der Waals surface area contributed by atoms with Gasteiger partial charge in [-0.25, -0.2) is 4.39 Å². The summed E-state index contributed by atoms with van der Waals surface area (Å²) in [5.41, 5.74) is 8.05. The first-order valence-corrected chi connectivity index (χ1v) is 6.16. The van der Waals surface area contributed by atoms with Crippen LogP contribution in [0, 0.1) is 5.82 Å². The molecule has 3 N–H and O–H groups in total. The van der Waals surface area contributed by atoms with Crippen molar-refractivity contribution in [2.24, 2.45) is 10.8 Å². The molecule has 2 atom stereocenters. The van der Waals surface area contributed by atoms with Gasteiger partial charge in [-0.3, -0.25) is 4.79 Å². The summed E-state index contributed by atoms with van der Waals surface area (Å²) in [4.78, 5) is 11.6. The van der Waals surface area contributed by atoms with E-state index in [2.05, 4.69) is 10.5 Å². The number of nitrogens with two attached hydrogens (primary N) is 1. The number of hydrogen-bond acceptors (Lipinski definition) is 3. The fourth-order valence-corrected chi connectivity index (χ4v) is 2.29. The molecule has 100 valence electrons. The van der Waals surface area contributed by atoms with Crippen LogP contribution in [-0.2, 0) is 4.79 Å². The molecule has 0 saturated heterocycles. The van der Waals surface area contributed by atoms with Crippen molar-refractivity contribution in [3.05, 3.63) is 46.8 Å². The number of hydrazone groups is 1. The van der Waals surface area contributed by atoms with Crippen LogP contribution >= 0.6 is 23.2 Å². The molecule has 1 heterocycles. The first kappa shape index (κ1) is 13.8. The highest BCUT2D eigenvalue weighted by Gasteiger charge is 2.31. The molecule has 4 nitrogen and oxygen atoms in total. The van der Waals surface area contributed by atoms with Crippen LogP contribution < -0.4 is 11.2 Å². The van der Waals surface area contributed by atoms with Crippen molar-refractivity contribution in [1.29, 1.82) is 0 Å². The fourth-order valence-electron chi connectivity index (χ4n) is 1.89. The van der Waals surface area contributed by atoms with Gasteiger partial charge in [0.05, 0.1) is 12.0 Å². The summed E-state index contributed by atoms with van der Waals surface area (Å²) >= 11 is 11.6. The van der Waals surface area contributed by atoms with Gasteiger partial charge < -0.3 is 11.2 Å². The van der Waals surface area contributed by atoms with E-state index in [1.807, 2.05) is 0 Å². The molecule has 0 aliphatic carbocycles. The Kier molecular flexibility index (Phi) is 4.07. The maximum atomic E-state index is 13.9. The Bertz CT molecular complexity index is 554. The van der Waals surface area contributed by atoms with Crippen molar-refractivity contribution in [2.45, 2.75) is 12.0 Å². The second-order valence-corrected chi connectivity index (χ2v) is 4.76. The highest BCUT2D eigenvalue weighted by Crippen LogP contribution is 2.30. The third-order valence-corrected chi connectivity index (χ3v) is 3.28. The summed E-state index contributed by atoms with van der Waals surface area (Å²) in [6, 6.07) is 3.58. The molecule has 0 bridgehead atoms. The molecule has 2 unspecified atom stereocenters. The fraction of sp³-hybridized carbons (Fsp3) is 0.167.